The SMILES string of the molecule is NCCCNc1cc(C(F)(F)F)cc2c1Nc1ccc(N3CCCC3)cc1S2. The van der Waals surface area contributed by atoms with E-state index in [0.29, 0.717) is 35.8 Å². The molecule has 0 unspecified atom stereocenters. The standard InChI is InChI=1S/C20H23F3N4S/c21-20(22,23)13-10-16(25-7-3-6-24)19-18(11-13)28-17-12-14(4-5-15(17)26-19)27-8-1-2-9-27/h4-5,10-12,25-26H,1-3,6-9,24H2. The third kappa shape index (κ3) is 3.89. The Labute approximate surface area is 166 Å². The number of hydrogen-bond acceptors (Lipinski definition) is 5. The van der Waals surface area contributed by atoms with E-state index in [1.807, 2.05) is 6.07 Å². The number of alkyl halides is 3. The van der Waals surface area contributed by atoms with E-state index in [-0.39, 0.29) is 0 Å². The van der Waals surface area contributed by atoms with E-state index in [2.05, 4.69) is 27.7 Å². The van der Waals surface area contributed by atoms with Crippen molar-refractivity contribution >= 4 is 34.5 Å². The molecule has 0 bridgehead atoms. The zero-order valence-corrected chi connectivity index (χ0v) is 16.2. The summed E-state index contributed by atoms with van der Waals surface area (Å²) in [6, 6.07) is 8.57. The summed E-state index contributed by atoms with van der Waals surface area (Å²) in [5, 5.41) is 6.44. The van der Waals surface area contributed by atoms with Gasteiger partial charge in [-0.2, -0.15) is 13.2 Å². The van der Waals surface area contributed by atoms with Gasteiger partial charge in [0.05, 0.1) is 22.6 Å². The molecule has 28 heavy (non-hydrogen) atoms. The molecule has 2 aromatic carbocycles. The van der Waals surface area contributed by atoms with Crippen molar-refractivity contribution in [3.63, 3.8) is 0 Å². The number of anilines is 4. The van der Waals surface area contributed by atoms with Gasteiger partial charge in [-0.1, -0.05) is 11.8 Å². The van der Waals surface area contributed by atoms with Gasteiger partial charge < -0.3 is 21.3 Å². The van der Waals surface area contributed by atoms with Gasteiger partial charge in [-0.3, -0.25) is 0 Å². The molecule has 0 aromatic heterocycles. The number of nitrogens with one attached hydrogen (secondary N) is 2. The molecule has 0 atom stereocenters. The largest absolute Gasteiger partial charge is 0.416 e. The van der Waals surface area contributed by atoms with Crippen LogP contribution in [0.3, 0.4) is 0 Å². The Balaban J connectivity index is 1.68. The summed E-state index contributed by atoms with van der Waals surface area (Å²) in [5.41, 5.74) is 8.07. The first-order valence-corrected chi connectivity index (χ1v) is 10.3. The van der Waals surface area contributed by atoms with E-state index in [0.717, 1.165) is 29.4 Å². The topological polar surface area (TPSA) is 53.3 Å². The van der Waals surface area contributed by atoms with Crippen molar-refractivity contribution in [2.75, 3.05) is 41.7 Å². The maximum Gasteiger partial charge on any atom is 0.416 e. The molecular formula is C20H23F3N4S. The van der Waals surface area contributed by atoms with Crippen LogP contribution in [0, 0.1) is 0 Å². The van der Waals surface area contributed by atoms with E-state index in [1.165, 1.54) is 36.7 Å². The molecule has 4 N–H and O–H groups in total. The Morgan fingerprint density at radius 3 is 2.61 bits per heavy atom. The number of fused-ring (bicyclic) bond motifs is 2. The minimum Gasteiger partial charge on any atom is -0.383 e. The zero-order chi connectivity index (χ0) is 19.7. The third-order valence-corrected chi connectivity index (χ3v) is 6.14. The van der Waals surface area contributed by atoms with E-state index in [1.54, 1.807) is 0 Å². The molecule has 1 saturated heterocycles. The van der Waals surface area contributed by atoms with Crippen molar-refractivity contribution in [2.45, 2.75) is 35.2 Å². The van der Waals surface area contributed by atoms with Crippen molar-refractivity contribution < 1.29 is 13.2 Å². The van der Waals surface area contributed by atoms with Crippen molar-refractivity contribution in [1.29, 1.82) is 0 Å². The molecule has 1 fully saturated rings. The predicted molar refractivity (Wildman–Crippen MR) is 109 cm³/mol. The van der Waals surface area contributed by atoms with Crippen LogP contribution in [0.2, 0.25) is 0 Å². The van der Waals surface area contributed by atoms with E-state index < -0.39 is 11.7 Å². The zero-order valence-electron chi connectivity index (χ0n) is 15.4. The lowest BCUT2D eigenvalue weighted by atomic mass is 10.1. The number of halogens is 3. The summed E-state index contributed by atoms with van der Waals surface area (Å²) in [5.74, 6) is 0. The quantitative estimate of drug-likeness (QED) is 0.502. The fourth-order valence-electron chi connectivity index (χ4n) is 3.58. The molecule has 4 nitrogen and oxygen atoms in total. The molecule has 2 aliphatic heterocycles. The van der Waals surface area contributed by atoms with Gasteiger partial charge in [-0.05, 0) is 56.1 Å². The van der Waals surface area contributed by atoms with Gasteiger partial charge in [0.2, 0.25) is 0 Å². The lowest BCUT2D eigenvalue weighted by molar-refractivity contribution is -0.137. The molecule has 2 aliphatic rings. The molecule has 0 radical (unpaired) electrons. The van der Waals surface area contributed by atoms with Crippen LogP contribution >= 0.6 is 11.8 Å². The highest BCUT2D eigenvalue weighted by Gasteiger charge is 2.33. The van der Waals surface area contributed by atoms with Gasteiger partial charge in [0, 0.05) is 35.1 Å². The second kappa shape index (κ2) is 7.75. The fourth-order valence-corrected chi connectivity index (χ4v) is 4.67. The maximum atomic E-state index is 13.4. The monoisotopic (exact) mass is 408 g/mol. The minimum atomic E-state index is -4.39. The molecule has 2 aromatic rings. The molecule has 4 rings (SSSR count). The van der Waals surface area contributed by atoms with Crippen molar-refractivity contribution in [3.8, 4) is 0 Å². The first kappa shape index (κ1) is 19.3. The van der Waals surface area contributed by atoms with Crippen molar-refractivity contribution in [1.82, 2.24) is 0 Å². The summed E-state index contributed by atoms with van der Waals surface area (Å²) in [4.78, 5) is 3.85. The molecule has 0 aliphatic carbocycles. The molecule has 0 saturated carbocycles. The third-order valence-electron chi connectivity index (χ3n) is 5.04. The molecule has 0 spiro atoms. The van der Waals surface area contributed by atoms with Gasteiger partial charge in [0.1, 0.15) is 0 Å². The van der Waals surface area contributed by atoms with Crippen LogP contribution in [-0.4, -0.2) is 26.2 Å². The summed E-state index contributed by atoms with van der Waals surface area (Å²) in [7, 11) is 0. The van der Waals surface area contributed by atoms with E-state index in [9.17, 15) is 13.2 Å². The van der Waals surface area contributed by atoms with Crippen LogP contribution in [0.15, 0.2) is 40.1 Å². The van der Waals surface area contributed by atoms with Crippen LogP contribution in [0.1, 0.15) is 24.8 Å². The number of nitrogens with zero attached hydrogens (tertiary/aromatic N) is 1. The predicted octanol–water partition coefficient (Wildman–Crippen LogP) is 5.27. The van der Waals surface area contributed by atoms with Gasteiger partial charge in [-0.15, -0.1) is 0 Å². The molecule has 0 amide bonds. The maximum absolute atomic E-state index is 13.4. The van der Waals surface area contributed by atoms with Crippen LogP contribution in [0.4, 0.5) is 35.9 Å². The summed E-state index contributed by atoms with van der Waals surface area (Å²) in [6.45, 7) is 3.07. The van der Waals surface area contributed by atoms with Gasteiger partial charge in [0.25, 0.3) is 0 Å². The van der Waals surface area contributed by atoms with Gasteiger partial charge in [-0.25, -0.2) is 0 Å². The first-order valence-electron chi connectivity index (χ1n) is 9.49. The lowest BCUT2D eigenvalue weighted by Gasteiger charge is -2.27. The highest BCUT2D eigenvalue weighted by molar-refractivity contribution is 7.99. The van der Waals surface area contributed by atoms with Gasteiger partial charge >= 0.3 is 6.18 Å². The molecular weight excluding hydrogens is 385 g/mol. The average Bonchev–Trinajstić information content (AvgIpc) is 3.20. The molecule has 2 heterocycles. The molecule has 8 heteroatoms. The number of benzene rings is 2. The highest BCUT2D eigenvalue weighted by atomic mass is 32.2. The summed E-state index contributed by atoms with van der Waals surface area (Å²) in [6.07, 6.45) is -1.35. The van der Waals surface area contributed by atoms with Crippen molar-refractivity contribution in [2.24, 2.45) is 5.73 Å². The first-order chi connectivity index (χ1) is 13.5. The summed E-state index contributed by atoms with van der Waals surface area (Å²) >= 11 is 1.39. The van der Waals surface area contributed by atoms with Crippen LogP contribution in [-0.2, 0) is 6.18 Å². The highest BCUT2D eigenvalue weighted by Crippen LogP contribution is 2.50. The number of rotatable bonds is 5. The Morgan fingerprint density at radius 2 is 1.89 bits per heavy atom. The lowest BCUT2D eigenvalue weighted by Crippen LogP contribution is -2.18. The Kier molecular flexibility index (Phi) is 5.33. The number of nitrogens with two attached hydrogens (primary N) is 1. The average molecular weight is 408 g/mol. The molecule has 150 valence electrons. The Morgan fingerprint density at radius 1 is 1.11 bits per heavy atom. The smallest absolute Gasteiger partial charge is 0.383 e. The Bertz CT molecular complexity index is 863. The second-order valence-corrected chi connectivity index (χ2v) is 8.15. The van der Waals surface area contributed by atoms with E-state index >= 15 is 0 Å². The second-order valence-electron chi connectivity index (χ2n) is 7.07. The van der Waals surface area contributed by atoms with Gasteiger partial charge in [0.15, 0.2) is 0 Å². The minimum absolute atomic E-state index is 0.458. The van der Waals surface area contributed by atoms with Crippen LogP contribution in [0.5, 0.6) is 0 Å². The van der Waals surface area contributed by atoms with Crippen LogP contribution < -0.4 is 21.3 Å². The fraction of sp³-hybridized carbons (Fsp3) is 0.400. The normalized spacial score (nSPS) is 15.8. The van der Waals surface area contributed by atoms with E-state index in [4.69, 9.17) is 5.73 Å². The number of hydrogen-bond donors (Lipinski definition) is 3. The Hall–Kier alpha value is -2.06. The van der Waals surface area contributed by atoms with Crippen molar-refractivity contribution in [3.05, 3.63) is 35.9 Å². The summed E-state index contributed by atoms with van der Waals surface area (Å²) < 4.78 is 40.2. The van der Waals surface area contributed by atoms with Crippen LogP contribution in [0.25, 0.3) is 0 Å².